The van der Waals surface area contributed by atoms with Gasteiger partial charge in [-0.15, -0.1) is 0 Å². The van der Waals surface area contributed by atoms with Gasteiger partial charge in [-0.05, 0) is 60.6 Å². The van der Waals surface area contributed by atoms with E-state index in [1.54, 1.807) is 12.1 Å². The number of hydrogen-bond donors (Lipinski definition) is 2. The van der Waals surface area contributed by atoms with Crippen LogP contribution in [-0.4, -0.2) is 11.1 Å². The average Bonchev–Trinajstić information content (AvgIpc) is 3.02. The molecule has 0 fully saturated rings. The number of allylic oxidation sites excluding steroid dienone is 2. The molecule has 0 saturated heterocycles. The highest BCUT2D eigenvalue weighted by Crippen LogP contribution is 2.51. The lowest BCUT2D eigenvalue weighted by Gasteiger charge is -2.39. The number of benzene rings is 2. The van der Waals surface area contributed by atoms with Gasteiger partial charge in [-0.1, -0.05) is 36.4 Å². The molecule has 2 N–H and O–H groups in total. The van der Waals surface area contributed by atoms with Crippen LogP contribution < -0.4 is 5.32 Å². The zero-order valence-electron chi connectivity index (χ0n) is 13.9. The van der Waals surface area contributed by atoms with Crippen molar-refractivity contribution in [3.63, 3.8) is 0 Å². The van der Waals surface area contributed by atoms with E-state index in [0.717, 1.165) is 17.7 Å². The minimum atomic E-state index is -0.860. The Labute approximate surface area is 142 Å². The summed E-state index contributed by atoms with van der Waals surface area (Å²) >= 11 is 0. The maximum Gasteiger partial charge on any atom is 0.336 e. The lowest BCUT2D eigenvalue weighted by molar-refractivity contribution is 0.0694. The molecule has 1 heterocycles. The average molecular weight is 319 g/mol. The second kappa shape index (κ2) is 5.52. The van der Waals surface area contributed by atoms with Crippen molar-refractivity contribution in [1.29, 1.82) is 0 Å². The topological polar surface area (TPSA) is 49.3 Å². The third kappa shape index (κ3) is 2.23. The van der Waals surface area contributed by atoms with Gasteiger partial charge < -0.3 is 10.4 Å². The Bertz CT molecular complexity index is 853. The molecule has 2 aromatic carbocycles. The Kier molecular flexibility index (Phi) is 3.45. The van der Waals surface area contributed by atoms with Crippen LogP contribution in [0.4, 0.5) is 5.69 Å². The molecule has 0 spiro atoms. The van der Waals surface area contributed by atoms with Gasteiger partial charge >= 0.3 is 5.97 Å². The smallest absolute Gasteiger partial charge is 0.336 e. The van der Waals surface area contributed by atoms with Crippen molar-refractivity contribution < 1.29 is 9.90 Å². The second-order valence-corrected chi connectivity index (χ2v) is 6.91. The van der Waals surface area contributed by atoms with E-state index in [1.165, 1.54) is 16.7 Å². The first kappa shape index (κ1) is 15.0. The predicted molar refractivity (Wildman–Crippen MR) is 95.7 cm³/mol. The maximum absolute atomic E-state index is 11.7. The van der Waals surface area contributed by atoms with Crippen LogP contribution in [0.25, 0.3) is 0 Å². The van der Waals surface area contributed by atoms with Gasteiger partial charge in [0.25, 0.3) is 0 Å². The Morgan fingerprint density at radius 3 is 2.79 bits per heavy atom. The van der Waals surface area contributed by atoms with E-state index in [2.05, 4.69) is 43.4 Å². The molecular weight excluding hydrogens is 298 g/mol. The molecule has 4 rings (SSSR count). The standard InChI is InChI=1S/C21H21NO2/c1-12-10-13(2)19-14-8-5-9-15(14)20(22-18(19)11-12)16-6-3-4-7-17(16)21(23)24/h3-8,10-11,14-15,20,22H,9H2,1-2H3,(H,23,24)/t14-,15+,20+/m1/s1. The molecule has 24 heavy (non-hydrogen) atoms. The van der Waals surface area contributed by atoms with Crippen molar-refractivity contribution in [2.75, 3.05) is 5.32 Å². The van der Waals surface area contributed by atoms with Crippen molar-refractivity contribution in [3.8, 4) is 0 Å². The largest absolute Gasteiger partial charge is 0.478 e. The van der Waals surface area contributed by atoms with Gasteiger partial charge in [-0.25, -0.2) is 4.79 Å². The Morgan fingerprint density at radius 2 is 2.00 bits per heavy atom. The number of aryl methyl sites for hydroxylation is 2. The SMILES string of the molecule is Cc1cc(C)c2c(c1)N[C@H](c1ccccc1C(=O)O)[C@H]1CC=C[C@@H]21. The molecule has 1 aliphatic carbocycles. The zero-order valence-corrected chi connectivity index (χ0v) is 13.9. The highest BCUT2D eigenvalue weighted by Gasteiger charge is 2.39. The van der Waals surface area contributed by atoms with E-state index in [1.807, 2.05) is 12.1 Å². The van der Waals surface area contributed by atoms with Crippen molar-refractivity contribution in [3.05, 3.63) is 76.4 Å². The minimum Gasteiger partial charge on any atom is -0.478 e. The number of carboxylic acids is 1. The summed E-state index contributed by atoms with van der Waals surface area (Å²) in [6.45, 7) is 4.27. The first-order valence-corrected chi connectivity index (χ1v) is 8.43. The third-order valence-corrected chi connectivity index (χ3v) is 5.34. The summed E-state index contributed by atoms with van der Waals surface area (Å²) in [5.74, 6) is -0.144. The summed E-state index contributed by atoms with van der Waals surface area (Å²) in [6, 6.07) is 11.8. The van der Waals surface area contributed by atoms with Crippen LogP contribution in [0.1, 0.15) is 51.0 Å². The van der Waals surface area contributed by atoms with E-state index in [4.69, 9.17) is 0 Å². The number of anilines is 1. The monoisotopic (exact) mass is 319 g/mol. The number of hydrogen-bond acceptors (Lipinski definition) is 2. The van der Waals surface area contributed by atoms with E-state index in [0.29, 0.717) is 17.4 Å². The summed E-state index contributed by atoms with van der Waals surface area (Å²) in [4.78, 5) is 11.7. The molecule has 3 atom stereocenters. The lowest BCUT2D eigenvalue weighted by Crippen LogP contribution is -2.30. The molecule has 0 saturated carbocycles. The van der Waals surface area contributed by atoms with Gasteiger partial charge in [-0.3, -0.25) is 0 Å². The van der Waals surface area contributed by atoms with Crippen LogP contribution in [-0.2, 0) is 0 Å². The van der Waals surface area contributed by atoms with Crippen LogP contribution in [0.3, 0.4) is 0 Å². The first-order chi connectivity index (χ1) is 11.6. The van der Waals surface area contributed by atoms with Crippen molar-refractivity contribution in [2.45, 2.75) is 32.2 Å². The summed E-state index contributed by atoms with van der Waals surface area (Å²) in [7, 11) is 0. The quantitative estimate of drug-likeness (QED) is 0.780. The Hall–Kier alpha value is -2.55. The van der Waals surface area contributed by atoms with E-state index < -0.39 is 5.97 Å². The predicted octanol–water partition coefficient (Wildman–Crippen LogP) is 4.83. The fourth-order valence-electron chi connectivity index (χ4n) is 4.41. The Balaban J connectivity index is 1.86. The summed E-state index contributed by atoms with van der Waals surface area (Å²) < 4.78 is 0. The number of aromatic carboxylic acids is 1. The minimum absolute atomic E-state index is 0.0194. The lowest BCUT2D eigenvalue weighted by atomic mass is 9.74. The van der Waals surface area contributed by atoms with Crippen molar-refractivity contribution in [1.82, 2.24) is 0 Å². The van der Waals surface area contributed by atoms with Crippen LogP contribution in [0, 0.1) is 19.8 Å². The molecule has 122 valence electrons. The summed E-state index contributed by atoms with van der Waals surface area (Å²) in [5.41, 5.74) is 6.32. The van der Waals surface area contributed by atoms with Gasteiger partial charge in [0.2, 0.25) is 0 Å². The maximum atomic E-state index is 11.7. The van der Waals surface area contributed by atoms with Crippen LogP contribution in [0.2, 0.25) is 0 Å². The molecule has 3 heteroatoms. The van der Waals surface area contributed by atoms with E-state index >= 15 is 0 Å². The second-order valence-electron chi connectivity index (χ2n) is 6.91. The van der Waals surface area contributed by atoms with Crippen LogP contribution in [0.15, 0.2) is 48.6 Å². The van der Waals surface area contributed by atoms with Gasteiger partial charge in [0.05, 0.1) is 11.6 Å². The van der Waals surface area contributed by atoms with Crippen LogP contribution in [0.5, 0.6) is 0 Å². The number of fused-ring (bicyclic) bond motifs is 3. The molecule has 0 amide bonds. The molecule has 3 nitrogen and oxygen atoms in total. The van der Waals surface area contributed by atoms with E-state index in [-0.39, 0.29) is 6.04 Å². The normalized spacial score (nSPS) is 24.2. The molecule has 1 aliphatic heterocycles. The summed E-state index contributed by atoms with van der Waals surface area (Å²) in [5, 5.41) is 13.2. The number of nitrogens with one attached hydrogen (secondary N) is 1. The fourth-order valence-corrected chi connectivity index (χ4v) is 4.41. The van der Waals surface area contributed by atoms with Crippen molar-refractivity contribution in [2.24, 2.45) is 5.92 Å². The molecule has 2 aliphatic rings. The van der Waals surface area contributed by atoms with Gasteiger partial charge in [0.1, 0.15) is 0 Å². The van der Waals surface area contributed by atoms with Crippen LogP contribution >= 0.6 is 0 Å². The first-order valence-electron chi connectivity index (χ1n) is 8.43. The van der Waals surface area contributed by atoms with Gasteiger partial charge in [0.15, 0.2) is 0 Å². The highest BCUT2D eigenvalue weighted by atomic mass is 16.4. The fraction of sp³-hybridized carbons (Fsp3) is 0.286. The molecule has 0 radical (unpaired) electrons. The van der Waals surface area contributed by atoms with Gasteiger partial charge in [0, 0.05) is 11.6 Å². The number of carbonyl (C=O) groups is 1. The highest BCUT2D eigenvalue weighted by molar-refractivity contribution is 5.90. The summed E-state index contributed by atoms with van der Waals surface area (Å²) in [6.07, 6.45) is 5.51. The molecule has 2 aromatic rings. The zero-order chi connectivity index (χ0) is 16.8. The van der Waals surface area contributed by atoms with Crippen molar-refractivity contribution >= 4 is 11.7 Å². The number of carboxylic acid groups (broad SMARTS) is 1. The third-order valence-electron chi connectivity index (χ3n) is 5.34. The van der Waals surface area contributed by atoms with E-state index in [9.17, 15) is 9.90 Å². The molecule has 0 unspecified atom stereocenters. The number of rotatable bonds is 2. The van der Waals surface area contributed by atoms with Gasteiger partial charge in [-0.2, -0.15) is 0 Å². The Morgan fingerprint density at radius 1 is 1.21 bits per heavy atom. The molecular formula is C21H21NO2. The molecule has 0 aromatic heterocycles. The molecule has 0 bridgehead atoms.